The van der Waals surface area contributed by atoms with Gasteiger partial charge in [-0.15, -0.1) is 0 Å². The first kappa shape index (κ1) is 15.0. The second-order valence-electron chi connectivity index (χ2n) is 4.64. The van der Waals surface area contributed by atoms with Crippen LogP contribution in [0.4, 0.5) is 5.82 Å². The molecule has 0 bridgehead atoms. The van der Waals surface area contributed by atoms with Crippen LogP contribution in [0.25, 0.3) is 0 Å². The zero-order valence-electron chi connectivity index (χ0n) is 11.6. The Balaban J connectivity index is 2.51. The van der Waals surface area contributed by atoms with Gasteiger partial charge in [0.1, 0.15) is 12.4 Å². The van der Waals surface area contributed by atoms with E-state index in [1.165, 1.54) is 11.8 Å². The predicted molar refractivity (Wildman–Crippen MR) is 74.6 cm³/mol. The standard InChI is InChI=1S/C12H21N3O2S/c1-12(2,3)17-7-6-16-10-8-9(13-4)14-11(15-10)18-5/h8H,6-7H2,1-5H3,(H,13,14,15). The maximum absolute atomic E-state index is 5.57. The number of ether oxygens (including phenoxy) is 2. The average Bonchev–Trinajstić information content (AvgIpc) is 2.33. The smallest absolute Gasteiger partial charge is 0.219 e. The summed E-state index contributed by atoms with van der Waals surface area (Å²) in [7, 11) is 1.82. The molecule has 1 aromatic heterocycles. The molecule has 18 heavy (non-hydrogen) atoms. The summed E-state index contributed by atoms with van der Waals surface area (Å²) in [4.78, 5) is 8.54. The Hall–Kier alpha value is -1.01. The summed E-state index contributed by atoms with van der Waals surface area (Å²) in [5.74, 6) is 1.32. The zero-order valence-corrected chi connectivity index (χ0v) is 12.4. The van der Waals surface area contributed by atoms with E-state index < -0.39 is 0 Å². The van der Waals surface area contributed by atoms with Gasteiger partial charge < -0.3 is 14.8 Å². The monoisotopic (exact) mass is 271 g/mol. The van der Waals surface area contributed by atoms with Crippen molar-refractivity contribution >= 4 is 17.6 Å². The molecule has 1 heterocycles. The fourth-order valence-corrected chi connectivity index (χ4v) is 1.56. The van der Waals surface area contributed by atoms with E-state index in [4.69, 9.17) is 9.47 Å². The number of hydrogen-bond acceptors (Lipinski definition) is 6. The van der Waals surface area contributed by atoms with Crippen LogP contribution in [0, 0.1) is 0 Å². The van der Waals surface area contributed by atoms with E-state index in [0.29, 0.717) is 24.3 Å². The van der Waals surface area contributed by atoms with Crippen LogP contribution >= 0.6 is 11.8 Å². The van der Waals surface area contributed by atoms with Crippen LogP contribution in [0.1, 0.15) is 20.8 Å². The third kappa shape index (κ3) is 5.55. The average molecular weight is 271 g/mol. The number of hydrogen-bond donors (Lipinski definition) is 1. The summed E-state index contributed by atoms with van der Waals surface area (Å²) in [6.45, 7) is 7.07. The van der Waals surface area contributed by atoms with E-state index in [1.54, 1.807) is 6.07 Å². The molecule has 1 N–H and O–H groups in total. The van der Waals surface area contributed by atoms with Crippen molar-refractivity contribution in [2.24, 2.45) is 0 Å². The van der Waals surface area contributed by atoms with Crippen molar-refractivity contribution < 1.29 is 9.47 Å². The lowest BCUT2D eigenvalue weighted by atomic mass is 10.2. The third-order valence-electron chi connectivity index (χ3n) is 1.99. The Kier molecular flexibility index (Phi) is 5.68. The van der Waals surface area contributed by atoms with Crippen LogP contribution in [-0.2, 0) is 4.74 Å². The maximum Gasteiger partial charge on any atom is 0.219 e. The lowest BCUT2D eigenvalue weighted by Gasteiger charge is -2.19. The fourth-order valence-electron chi connectivity index (χ4n) is 1.19. The van der Waals surface area contributed by atoms with Gasteiger partial charge >= 0.3 is 0 Å². The first-order valence-electron chi connectivity index (χ1n) is 5.82. The van der Waals surface area contributed by atoms with Crippen LogP contribution < -0.4 is 10.1 Å². The molecule has 0 spiro atoms. The van der Waals surface area contributed by atoms with Crippen molar-refractivity contribution in [1.29, 1.82) is 0 Å². The molecule has 0 fully saturated rings. The molecular formula is C12H21N3O2S. The van der Waals surface area contributed by atoms with Gasteiger partial charge in [0, 0.05) is 13.1 Å². The quantitative estimate of drug-likeness (QED) is 0.487. The summed E-state index contributed by atoms with van der Waals surface area (Å²) in [6, 6.07) is 1.77. The van der Waals surface area contributed by atoms with Crippen LogP contribution in [-0.4, -0.2) is 42.1 Å². The summed E-state index contributed by atoms with van der Waals surface area (Å²) >= 11 is 1.48. The lowest BCUT2D eigenvalue weighted by Crippen LogP contribution is -2.22. The molecule has 0 aromatic carbocycles. The molecule has 0 saturated heterocycles. The van der Waals surface area contributed by atoms with E-state index in [9.17, 15) is 0 Å². The number of aromatic nitrogens is 2. The second kappa shape index (κ2) is 6.80. The summed E-state index contributed by atoms with van der Waals surface area (Å²) in [6.07, 6.45) is 1.93. The van der Waals surface area contributed by atoms with Crippen LogP contribution in [0.2, 0.25) is 0 Å². The lowest BCUT2D eigenvalue weighted by molar-refractivity contribution is -0.0168. The van der Waals surface area contributed by atoms with Crippen molar-refractivity contribution in [1.82, 2.24) is 9.97 Å². The molecule has 5 nitrogen and oxygen atoms in total. The summed E-state index contributed by atoms with van der Waals surface area (Å²) in [5.41, 5.74) is -0.143. The van der Waals surface area contributed by atoms with Crippen LogP contribution in [0.15, 0.2) is 11.2 Å². The first-order valence-corrected chi connectivity index (χ1v) is 7.04. The molecule has 0 aliphatic carbocycles. The Morgan fingerprint density at radius 3 is 2.56 bits per heavy atom. The van der Waals surface area contributed by atoms with Gasteiger partial charge in [-0.2, -0.15) is 4.98 Å². The van der Waals surface area contributed by atoms with E-state index >= 15 is 0 Å². The van der Waals surface area contributed by atoms with Gasteiger partial charge in [-0.3, -0.25) is 0 Å². The molecule has 1 rings (SSSR count). The minimum absolute atomic E-state index is 0.143. The third-order valence-corrected chi connectivity index (χ3v) is 2.54. The van der Waals surface area contributed by atoms with Gasteiger partial charge in [-0.05, 0) is 27.0 Å². The number of anilines is 1. The van der Waals surface area contributed by atoms with Gasteiger partial charge in [0.15, 0.2) is 5.16 Å². The highest BCUT2D eigenvalue weighted by Gasteiger charge is 2.10. The number of thioether (sulfide) groups is 1. The van der Waals surface area contributed by atoms with Gasteiger partial charge in [0.2, 0.25) is 5.88 Å². The second-order valence-corrected chi connectivity index (χ2v) is 5.41. The zero-order chi connectivity index (χ0) is 13.6. The number of rotatable bonds is 6. The normalized spacial score (nSPS) is 11.4. The van der Waals surface area contributed by atoms with Crippen LogP contribution in [0.5, 0.6) is 5.88 Å². The molecule has 0 saturated carbocycles. The minimum Gasteiger partial charge on any atom is -0.475 e. The molecule has 0 atom stereocenters. The molecule has 0 aliphatic rings. The predicted octanol–water partition coefficient (Wildman–Crippen LogP) is 2.43. The molecular weight excluding hydrogens is 250 g/mol. The van der Waals surface area contributed by atoms with Crippen molar-refractivity contribution in [3.63, 3.8) is 0 Å². The highest BCUT2D eigenvalue weighted by Crippen LogP contribution is 2.18. The van der Waals surface area contributed by atoms with Gasteiger partial charge in [0.25, 0.3) is 0 Å². The molecule has 0 unspecified atom stereocenters. The van der Waals surface area contributed by atoms with Crippen molar-refractivity contribution in [2.75, 3.05) is 31.8 Å². The fraction of sp³-hybridized carbons (Fsp3) is 0.667. The SMILES string of the molecule is CNc1cc(OCCOC(C)(C)C)nc(SC)n1. The van der Waals surface area contributed by atoms with Crippen molar-refractivity contribution in [2.45, 2.75) is 31.5 Å². The Labute approximate surface area is 113 Å². The minimum atomic E-state index is -0.143. The number of nitrogens with one attached hydrogen (secondary N) is 1. The van der Waals surface area contributed by atoms with E-state index in [-0.39, 0.29) is 5.60 Å². The largest absolute Gasteiger partial charge is 0.475 e. The van der Waals surface area contributed by atoms with E-state index in [1.807, 2.05) is 34.1 Å². The highest BCUT2D eigenvalue weighted by molar-refractivity contribution is 7.98. The molecule has 102 valence electrons. The Morgan fingerprint density at radius 2 is 2.00 bits per heavy atom. The van der Waals surface area contributed by atoms with Crippen molar-refractivity contribution in [3.8, 4) is 5.88 Å². The topological polar surface area (TPSA) is 56.3 Å². The maximum atomic E-state index is 5.57. The summed E-state index contributed by atoms with van der Waals surface area (Å²) in [5, 5.41) is 3.67. The van der Waals surface area contributed by atoms with Gasteiger partial charge in [-0.1, -0.05) is 11.8 Å². The Morgan fingerprint density at radius 1 is 1.28 bits per heavy atom. The molecule has 1 aromatic rings. The first-order chi connectivity index (χ1) is 8.44. The summed E-state index contributed by atoms with van der Waals surface area (Å²) < 4.78 is 11.1. The van der Waals surface area contributed by atoms with Gasteiger partial charge in [0.05, 0.1) is 12.2 Å². The van der Waals surface area contributed by atoms with Gasteiger partial charge in [-0.25, -0.2) is 4.98 Å². The molecule has 0 radical (unpaired) electrons. The van der Waals surface area contributed by atoms with E-state index in [0.717, 1.165) is 5.82 Å². The molecule has 0 aliphatic heterocycles. The van der Waals surface area contributed by atoms with Crippen molar-refractivity contribution in [3.05, 3.63) is 6.07 Å². The molecule has 6 heteroatoms. The number of nitrogens with zero attached hydrogens (tertiary/aromatic N) is 2. The van der Waals surface area contributed by atoms with Crippen LogP contribution in [0.3, 0.4) is 0 Å². The Bertz CT molecular complexity index is 358. The van der Waals surface area contributed by atoms with E-state index in [2.05, 4.69) is 15.3 Å². The highest BCUT2D eigenvalue weighted by atomic mass is 32.2. The molecule has 0 amide bonds.